The van der Waals surface area contributed by atoms with Crippen molar-refractivity contribution < 1.29 is 0 Å². The third kappa shape index (κ3) is 5.82. The molecule has 0 saturated carbocycles. The highest BCUT2D eigenvalue weighted by atomic mass is 14.1. The van der Waals surface area contributed by atoms with Gasteiger partial charge in [-0.2, -0.15) is 0 Å². The Balaban J connectivity index is 1.76. The molecule has 4 rings (SSSR count). The second-order valence-corrected chi connectivity index (χ2v) is 9.14. The molecule has 0 radical (unpaired) electrons. The van der Waals surface area contributed by atoms with E-state index in [2.05, 4.69) is 112 Å². The Morgan fingerprint density at radius 2 is 0.576 bits per heavy atom. The molecule has 0 aliphatic carbocycles. The molecule has 0 aromatic heterocycles. The predicted octanol–water partition coefficient (Wildman–Crippen LogP) is 9.55. The molecule has 0 N–H and O–H groups in total. The molecule has 0 nitrogen and oxygen atoms in total. The molecule has 0 unspecified atom stereocenters. The van der Waals surface area contributed by atoms with Gasteiger partial charge < -0.3 is 0 Å². The monoisotopic (exact) mass is 432 g/mol. The van der Waals surface area contributed by atoms with Gasteiger partial charge in [-0.25, -0.2) is 0 Å². The van der Waals surface area contributed by atoms with Gasteiger partial charge in [-0.3, -0.25) is 0 Å². The molecule has 168 valence electrons. The molecule has 0 atom stereocenters. The van der Waals surface area contributed by atoms with Crippen LogP contribution in [0.5, 0.6) is 0 Å². The van der Waals surface area contributed by atoms with Gasteiger partial charge in [0.15, 0.2) is 0 Å². The van der Waals surface area contributed by atoms with E-state index in [0.717, 1.165) is 19.3 Å². The smallest absolute Gasteiger partial charge is 0.0172 e. The Morgan fingerprint density at radius 3 is 0.788 bits per heavy atom. The van der Waals surface area contributed by atoms with Gasteiger partial charge in [-0.05, 0) is 87.5 Å². The molecular weight excluding hydrogens is 396 g/mol. The second-order valence-electron chi connectivity index (χ2n) is 9.14. The van der Waals surface area contributed by atoms with E-state index in [1.165, 1.54) is 69.3 Å². The summed E-state index contributed by atoms with van der Waals surface area (Å²) in [5, 5.41) is 0. The predicted molar refractivity (Wildman–Crippen MR) is 145 cm³/mol. The Bertz CT molecular complexity index is 983. The topological polar surface area (TPSA) is 0 Å². The van der Waals surface area contributed by atoms with E-state index < -0.39 is 0 Å². The zero-order valence-electron chi connectivity index (χ0n) is 20.4. The summed E-state index contributed by atoms with van der Waals surface area (Å²) >= 11 is 0. The molecule has 33 heavy (non-hydrogen) atoms. The van der Waals surface area contributed by atoms with E-state index in [4.69, 9.17) is 0 Å². The molecule has 0 heterocycles. The SMILES string of the molecule is CCCc1ccc(-c2cc(-c3ccc(CCC)cc3)cc(-c3ccc(CCC)cc3)c2)cc1. The Kier molecular flexibility index (Phi) is 7.79. The second kappa shape index (κ2) is 11.1. The van der Waals surface area contributed by atoms with Crippen LogP contribution in [0, 0.1) is 0 Å². The van der Waals surface area contributed by atoms with Crippen molar-refractivity contribution in [1.82, 2.24) is 0 Å². The lowest BCUT2D eigenvalue weighted by atomic mass is 9.92. The van der Waals surface area contributed by atoms with Crippen LogP contribution in [0.3, 0.4) is 0 Å². The molecule has 0 saturated heterocycles. The first-order valence-corrected chi connectivity index (χ1v) is 12.6. The lowest BCUT2D eigenvalue weighted by Gasteiger charge is -2.13. The third-order valence-electron chi connectivity index (χ3n) is 6.41. The van der Waals surface area contributed by atoms with Crippen LogP contribution in [0.15, 0.2) is 91.0 Å². The van der Waals surface area contributed by atoms with E-state index in [-0.39, 0.29) is 0 Å². The molecule has 0 bridgehead atoms. The van der Waals surface area contributed by atoms with Crippen LogP contribution in [-0.4, -0.2) is 0 Å². The summed E-state index contributed by atoms with van der Waals surface area (Å²) in [5.74, 6) is 0. The molecule has 4 aromatic rings. The average molecular weight is 433 g/mol. The summed E-state index contributed by atoms with van der Waals surface area (Å²) in [6, 6.07) is 34.4. The maximum absolute atomic E-state index is 2.35. The third-order valence-corrected chi connectivity index (χ3v) is 6.41. The average Bonchev–Trinajstić information content (AvgIpc) is 2.86. The summed E-state index contributed by atoms with van der Waals surface area (Å²) in [6.07, 6.45) is 6.96. The number of rotatable bonds is 9. The maximum Gasteiger partial charge on any atom is -0.0172 e. The lowest BCUT2D eigenvalue weighted by molar-refractivity contribution is 0.922. The largest absolute Gasteiger partial charge is 0.0651 e. The van der Waals surface area contributed by atoms with Crippen molar-refractivity contribution >= 4 is 0 Å². The quantitative estimate of drug-likeness (QED) is 0.247. The molecule has 0 aliphatic heterocycles. The lowest BCUT2D eigenvalue weighted by Crippen LogP contribution is -1.89. The van der Waals surface area contributed by atoms with Gasteiger partial charge in [0.05, 0.1) is 0 Å². The Hall–Kier alpha value is -3.12. The van der Waals surface area contributed by atoms with Gasteiger partial charge in [-0.15, -0.1) is 0 Å². The fourth-order valence-electron chi connectivity index (χ4n) is 4.59. The summed E-state index contributed by atoms with van der Waals surface area (Å²) < 4.78 is 0. The van der Waals surface area contributed by atoms with Crippen LogP contribution >= 0.6 is 0 Å². The molecule has 0 spiro atoms. The van der Waals surface area contributed by atoms with Crippen LogP contribution in [0.2, 0.25) is 0 Å². The first-order valence-electron chi connectivity index (χ1n) is 12.6. The summed E-state index contributed by atoms with van der Waals surface area (Å²) in [4.78, 5) is 0. The van der Waals surface area contributed by atoms with Crippen LogP contribution in [0.1, 0.15) is 56.7 Å². The fraction of sp³-hybridized carbons (Fsp3) is 0.273. The minimum absolute atomic E-state index is 1.14. The van der Waals surface area contributed by atoms with Crippen molar-refractivity contribution in [2.45, 2.75) is 59.3 Å². The van der Waals surface area contributed by atoms with E-state index >= 15 is 0 Å². The molecular formula is C33H36. The van der Waals surface area contributed by atoms with Crippen molar-refractivity contribution in [2.75, 3.05) is 0 Å². The number of hydrogen-bond donors (Lipinski definition) is 0. The zero-order chi connectivity index (χ0) is 23.0. The Morgan fingerprint density at radius 1 is 0.333 bits per heavy atom. The van der Waals surface area contributed by atoms with Crippen molar-refractivity contribution in [3.63, 3.8) is 0 Å². The van der Waals surface area contributed by atoms with Gasteiger partial charge in [0.25, 0.3) is 0 Å². The van der Waals surface area contributed by atoms with E-state index in [9.17, 15) is 0 Å². The van der Waals surface area contributed by atoms with Crippen molar-refractivity contribution in [1.29, 1.82) is 0 Å². The first kappa shape index (κ1) is 23.1. The molecule has 0 fully saturated rings. The van der Waals surface area contributed by atoms with E-state index in [0.29, 0.717) is 0 Å². The van der Waals surface area contributed by atoms with Gasteiger partial charge in [0, 0.05) is 0 Å². The molecule has 4 aromatic carbocycles. The Labute approximate surface area is 200 Å². The number of aryl methyl sites for hydroxylation is 3. The highest BCUT2D eigenvalue weighted by Gasteiger charge is 2.08. The zero-order valence-corrected chi connectivity index (χ0v) is 20.4. The summed E-state index contributed by atoms with van der Waals surface area (Å²) in [5.41, 5.74) is 11.9. The van der Waals surface area contributed by atoms with E-state index in [1.807, 2.05) is 0 Å². The highest BCUT2D eigenvalue weighted by Crippen LogP contribution is 2.33. The van der Waals surface area contributed by atoms with E-state index in [1.54, 1.807) is 0 Å². The molecule has 0 aliphatic rings. The van der Waals surface area contributed by atoms with Crippen LogP contribution in [-0.2, 0) is 19.3 Å². The summed E-state index contributed by atoms with van der Waals surface area (Å²) in [6.45, 7) is 6.71. The van der Waals surface area contributed by atoms with Gasteiger partial charge in [-0.1, -0.05) is 113 Å². The van der Waals surface area contributed by atoms with Gasteiger partial charge >= 0.3 is 0 Å². The maximum atomic E-state index is 2.35. The normalized spacial score (nSPS) is 11.0. The first-order chi connectivity index (χ1) is 16.2. The van der Waals surface area contributed by atoms with Crippen LogP contribution in [0.4, 0.5) is 0 Å². The molecule has 0 heteroatoms. The van der Waals surface area contributed by atoms with Crippen molar-refractivity contribution in [3.05, 3.63) is 108 Å². The molecule has 0 amide bonds. The minimum atomic E-state index is 1.14. The standard InChI is InChI=1S/C33H36/c1-4-7-25-10-16-28(17-11-25)31-22-32(29-18-12-26(8-5-2)13-19-29)24-33(23-31)30-20-14-27(9-6-3)15-21-30/h10-24H,4-9H2,1-3H3. The number of hydrogen-bond acceptors (Lipinski definition) is 0. The van der Waals surface area contributed by atoms with Crippen molar-refractivity contribution in [2.24, 2.45) is 0 Å². The summed E-state index contributed by atoms with van der Waals surface area (Å²) in [7, 11) is 0. The van der Waals surface area contributed by atoms with Gasteiger partial charge in [0.1, 0.15) is 0 Å². The van der Waals surface area contributed by atoms with Gasteiger partial charge in [0.2, 0.25) is 0 Å². The van der Waals surface area contributed by atoms with Crippen LogP contribution < -0.4 is 0 Å². The fourth-order valence-corrected chi connectivity index (χ4v) is 4.59. The van der Waals surface area contributed by atoms with Crippen LogP contribution in [0.25, 0.3) is 33.4 Å². The number of benzene rings is 4. The van der Waals surface area contributed by atoms with Crippen molar-refractivity contribution in [3.8, 4) is 33.4 Å². The minimum Gasteiger partial charge on any atom is -0.0651 e. The highest BCUT2D eigenvalue weighted by molar-refractivity contribution is 5.81.